The second-order valence-electron chi connectivity index (χ2n) is 7.91. The highest BCUT2D eigenvalue weighted by Gasteiger charge is 2.30. The molecule has 0 bridgehead atoms. The van der Waals surface area contributed by atoms with Crippen LogP contribution in [0.25, 0.3) is 0 Å². The molecule has 0 saturated carbocycles. The fourth-order valence-electron chi connectivity index (χ4n) is 3.41. The van der Waals surface area contributed by atoms with E-state index in [0.29, 0.717) is 12.1 Å². The first kappa shape index (κ1) is 18.2. The molecule has 3 rings (SSSR count). The van der Waals surface area contributed by atoms with Crippen molar-refractivity contribution in [1.82, 2.24) is 15.1 Å². The van der Waals surface area contributed by atoms with Crippen molar-refractivity contribution in [2.45, 2.75) is 51.5 Å². The molecule has 6 heteroatoms. The Morgan fingerprint density at radius 1 is 1.19 bits per heavy atom. The number of carbonyl (C=O) groups is 2. The zero-order valence-corrected chi connectivity index (χ0v) is 15.6. The van der Waals surface area contributed by atoms with E-state index in [9.17, 15) is 9.59 Å². The van der Waals surface area contributed by atoms with E-state index in [2.05, 4.69) is 31.0 Å². The Hall–Kier alpha value is -2.63. The Balaban J connectivity index is 1.84. The molecule has 2 amide bonds. The van der Waals surface area contributed by atoms with Gasteiger partial charge in [-0.3, -0.25) is 14.7 Å². The zero-order chi connectivity index (χ0) is 18.9. The Labute approximate surface area is 153 Å². The van der Waals surface area contributed by atoms with Crippen LogP contribution in [-0.2, 0) is 5.41 Å². The van der Waals surface area contributed by atoms with Gasteiger partial charge >= 0.3 is 0 Å². The van der Waals surface area contributed by atoms with Gasteiger partial charge in [-0.2, -0.15) is 5.10 Å². The van der Waals surface area contributed by atoms with Crippen LogP contribution in [0.1, 0.15) is 78.2 Å². The summed E-state index contributed by atoms with van der Waals surface area (Å²) in [4.78, 5) is 26.3. The van der Waals surface area contributed by atoms with Crippen LogP contribution < -0.4 is 5.73 Å². The second-order valence-corrected chi connectivity index (χ2v) is 7.91. The van der Waals surface area contributed by atoms with Gasteiger partial charge in [0, 0.05) is 12.1 Å². The minimum Gasteiger partial charge on any atom is -0.364 e. The number of likely N-dealkylation sites (tertiary alicyclic amines) is 1. The second kappa shape index (κ2) is 6.94. The zero-order valence-electron chi connectivity index (χ0n) is 15.6. The molecule has 26 heavy (non-hydrogen) atoms. The van der Waals surface area contributed by atoms with Crippen molar-refractivity contribution in [3.63, 3.8) is 0 Å². The number of nitrogens with one attached hydrogen (secondary N) is 1. The maximum absolute atomic E-state index is 13.1. The lowest BCUT2D eigenvalue weighted by Gasteiger charge is -2.35. The third kappa shape index (κ3) is 3.64. The van der Waals surface area contributed by atoms with Crippen molar-refractivity contribution in [3.05, 3.63) is 52.8 Å². The van der Waals surface area contributed by atoms with Gasteiger partial charge in [-0.1, -0.05) is 32.9 Å². The quantitative estimate of drug-likeness (QED) is 0.887. The molecule has 6 nitrogen and oxygen atoms in total. The van der Waals surface area contributed by atoms with E-state index >= 15 is 0 Å². The molecule has 0 spiro atoms. The predicted octanol–water partition coefficient (Wildman–Crippen LogP) is 3.17. The number of aromatic nitrogens is 2. The Kier molecular flexibility index (Phi) is 4.85. The van der Waals surface area contributed by atoms with Gasteiger partial charge < -0.3 is 10.6 Å². The highest BCUT2D eigenvalue weighted by molar-refractivity contribution is 5.94. The van der Waals surface area contributed by atoms with E-state index in [1.54, 1.807) is 6.07 Å². The first-order valence-corrected chi connectivity index (χ1v) is 9.04. The molecule has 2 heterocycles. The smallest absolute Gasteiger partial charge is 0.269 e. The first-order valence-electron chi connectivity index (χ1n) is 9.04. The van der Waals surface area contributed by atoms with E-state index < -0.39 is 5.91 Å². The van der Waals surface area contributed by atoms with Crippen molar-refractivity contribution in [3.8, 4) is 0 Å². The molecular weight excluding hydrogens is 328 g/mol. The van der Waals surface area contributed by atoms with E-state index in [4.69, 9.17) is 5.73 Å². The van der Waals surface area contributed by atoms with Crippen molar-refractivity contribution in [1.29, 1.82) is 0 Å². The van der Waals surface area contributed by atoms with Gasteiger partial charge in [0.1, 0.15) is 5.69 Å². The molecule has 1 atom stereocenters. The maximum Gasteiger partial charge on any atom is 0.269 e. The molecule has 1 aliphatic heterocycles. The number of amides is 2. The number of primary amides is 1. The fourth-order valence-corrected chi connectivity index (χ4v) is 3.41. The van der Waals surface area contributed by atoms with Crippen LogP contribution in [0, 0.1) is 0 Å². The van der Waals surface area contributed by atoms with E-state index in [0.717, 1.165) is 25.0 Å². The summed E-state index contributed by atoms with van der Waals surface area (Å²) in [6.45, 7) is 7.15. The predicted molar refractivity (Wildman–Crippen MR) is 99.9 cm³/mol. The molecule has 1 unspecified atom stereocenters. The molecular formula is C20H26N4O2. The average Bonchev–Trinajstić information content (AvgIpc) is 3.11. The topological polar surface area (TPSA) is 92.1 Å². The summed E-state index contributed by atoms with van der Waals surface area (Å²) < 4.78 is 0. The molecule has 1 saturated heterocycles. The number of hydrogen-bond donors (Lipinski definition) is 2. The van der Waals surface area contributed by atoms with Gasteiger partial charge in [0.15, 0.2) is 0 Å². The molecule has 2 aromatic rings. The molecule has 0 radical (unpaired) electrons. The van der Waals surface area contributed by atoms with Crippen molar-refractivity contribution in [2.75, 3.05) is 6.54 Å². The number of piperidine rings is 1. The highest BCUT2D eigenvalue weighted by atomic mass is 16.2. The molecule has 1 aliphatic rings. The van der Waals surface area contributed by atoms with Crippen LogP contribution in [0.5, 0.6) is 0 Å². The summed E-state index contributed by atoms with van der Waals surface area (Å²) in [6, 6.07) is 9.38. The number of aromatic amines is 1. The van der Waals surface area contributed by atoms with Crippen LogP contribution in [0.4, 0.5) is 0 Å². The molecule has 1 fully saturated rings. The monoisotopic (exact) mass is 354 g/mol. The van der Waals surface area contributed by atoms with Gasteiger partial charge in [-0.15, -0.1) is 0 Å². The van der Waals surface area contributed by atoms with E-state index in [-0.39, 0.29) is 23.1 Å². The van der Waals surface area contributed by atoms with Crippen LogP contribution in [0.15, 0.2) is 30.3 Å². The van der Waals surface area contributed by atoms with Gasteiger partial charge in [0.25, 0.3) is 11.8 Å². The van der Waals surface area contributed by atoms with Crippen molar-refractivity contribution in [2.24, 2.45) is 5.73 Å². The lowest BCUT2D eigenvalue weighted by Crippen LogP contribution is -2.38. The average molecular weight is 354 g/mol. The third-order valence-corrected chi connectivity index (χ3v) is 4.97. The summed E-state index contributed by atoms with van der Waals surface area (Å²) >= 11 is 0. The molecule has 1 aromatic carbocycles. The highest BCUT2D eigenvalue weighted by Crippen LogP contribution is 2.32. The lowest BCUT2D eigenvalue weighted by atomic mass is 9.86. The lowest BCUT2D eigenvalue weighted by molar-refractivity contribution is 0.0606. The van der Waals surface area contributed by atoms with Crippen LogP contribution in [0.2, 0.25) is 0 Å². The third-order valence-electron chi connectivity index (χ3n) is 4.97. The number of H-pyrrole nitrogens is 1. The Bertz CT molecular complexity index is 802. The van der Waals surface area contributed by atoms with Gasteiger partial charge in [0.2, 0.25) is 0 Å². The number of hydrogen-bond acceptors (Lipinski definition) is 3. The van der Waals surface area contributed by atoms with Crippen LogP contribution in [0.3, 0.4) is 0 Å². The van der Waals surface area contributed by atoms with Gasteiger partial charge in [-0.25, -0.2) is 0 Å². The van der Waals surface area contributed by atoms with Crippen molar-refractivity contribution < 1.29 is 9.59 Å². The SMILES string of the molecule is CC(C)(C)c1ccc(C(=O)N2CCCCC2c2cc(C(N)=O)n[nH]2)cc1. The summed E-state index contributed by atoms with van der Waals surface area (Å²) in [5.41, 5.74) is 8.18. The summed E-state index contributed by atoms with van der Waals surface area (Å²) in [6.07, 6.45) is 2.84. The summed E-state index contributed by atoms with van der Waals surface area (Å²) in [7, 11) is 0. The maximum atomic E-state index is 13.1. The minimum atomic E-state index is -0.570. The largest absolute Gasteiger partial charge is 0.364 e. The van der Waals surface area contributed by atoms with Gasteiger partial charge in [-0.05, 0) is 48.4 Å². The van der Waals surface area contributed by atoms with Crippen LogP contribution in [-0.4, -0.2) is 33.5 Å². The van der Waals surface area contributed by atoms with E-state index in [1.807, 2.05) is 29.2 Å². The number of benzene rings is 1. The molecule has 0 aliphatic carbocycles. The van der Waals surface area contributed by atoms with E-state index in [1.165, 1.54) is 5.56 Å². The van der Waals surface area contributed by atoms with Gasteiger partial charge in [0.05, 0.1) is 11.7 Å². The Morgan fingerprint density at radius 2 is 1.88 bits per heavy atom. The minimum absolute atomic E-state index is 0.00499. The summed E-state index contributed by atoms with van der Waals surface area (Å²) in [5, 5.41) is 6.84. The van der Waals surface area contributed by atoms with Crippen molar-refractivity contribution >= 4 is 11.8 Å². The number of carbonyl (C=O) groups excluding carboxylic acids is 2. The first-order chi connectivity index (χ1) is 12.3. The standard InChI is InChI=1S/C20H26N4O2/c1-20(2,3)14-9-7-13(8-10-14)19(26)24-11-5-4-6-17(24)15-12-16(18(21)25)23-22-15/h7-10,12,17H,4-6,11H2,1-3H3,(H2,21,25)(H,22,23). The molecule has 138 valence electrons. The van der Waals surface area contributed by atoms with Crippen LogP contribution >= 0.6 is 0 Å². The number of nitrogens with two attached hydrogens (primary N) is 1. The molecule has 1 aromatic heterocycles. The Morgan fingerprint density at radius 3 is 2.46 bits per heavy atom. The molecule has 3 N–H and O–H groups in total. The summed E-state index contributed by atoms with van der Waals surface area (Å²) in [5.74, 6) is -0.565. The normalized spacial score (nSPS) is 18.0. The number of rotatable bonds is 3. The fraction of sp³-hybridized carbons (Fsp3) is 0.450. The number of nitrogens with zero attached hydrogens (tertiary/aromatic N) is 2.